The van der Waals surface area contributed by atoms with Gasteiger partial charge >= 0.3 is 11.9 Å². The molecule has 6 heteroatoms. The van der Waals surface area contributed by atoms with Gasteiger partial charge in [-0.1, -0.05) is 12.1 Å². The normalized spacial score (nSPS) is 15.0. The van der Waals surface area contributed by atoms with E-state index < -0.39 is 5.97 Å². The molecule has 6 nitrogen and oxygen atoms in total. The first-order chi connectivity index (χ1) is 12.0. The summed E-state index contributed by atoms with van der Waals surface area (Å²) >= 11 is 0. The highest BCUT2D eigenvalue weighted by Gasteiger charge is 2.22. The van der Waals surface area contributed by atoms with E-state index >= 15 is 0 Å². The van der Waals surface area contributed by atoms with E-state index in [1.165, 1.54) is 7.11 Å². The average molecular weight is 347 g/mol. The highest BCUT2D eigenvalue weighted by atomic mass is 16.5. The molecule has 0 aliphatic carbocycles. The summed E-state index contributed by atoms with van der Waals surface area (Å²) in [5.41, 5.74) is 1.51. The highest BCUT2D eigenvalue weighted by molar-refractivity contribution is 5.89. The van der Waals surface area contributed by atoms with Crippen molar-refractivity contribution in [2.75, 3.05) is 20.2 Å². The Balaban J connectivity index is 1.74. The molecule has 2 rings (SSSR count). The largest absolute Gasteiger partial charge is 0.481 e. The number of esters is 1. The minimum Gasteiger partial charge on any atom is -0.481 e. The van der Waals surface area contributed by atoms with Crippen molar-refractivity contribution in [2.24, 2.45) is 5.92 Å². The zero-order valence-corrected chi connectivity index (χ0v) is 14.6. The van der Waals surface area contributed by atoms with Crippen molar-refractivity contribution in [3.05, 3.63) is 35.4 Å². The molecular formula is C19H25NO5. The lowest BCUT2D eigenvalue weighted by atomic mass is 9.92. The van der Waals surface area contributed by atoms with Crippen LogP contribution in [0, 0.1) is 5.92 Å². The summed E-state index contributed by atoms with van der Waals surface area (Å²) in [4.78, 5) is 36.2. The fourth-order valence-electron chi connectivity index (χ4n) is 3.13. The molecule has 1 aromatic carbocycles. The lowest BCUT2D eigenvalue weighted by Crippen LogP contribution is -2.38. The number of aryl methyl sites for hydroxylation is 1. The Morgan fingerprint density at radius 1 is 1.12 bits per heavy atom. The summed E-state index contributed by atoms with van der Waals surface area (Å²) in [6.07, 6.45) is 3.75. The van der Waals surface area contributed by atoms with E-state index in [9.17, 15) is 14.4 Å². The quantitative estimate of drug-likeness (QED) is 0.766. The number of likely N-dealkylation sites (tertiary alicyclic amines) is 1. The van der Waals surface area contributed by atoms with Crippen LogP contribution in [0.5, 0.6) is 0 Å². The number of rotatable bonds is 7. The molecule has 0 unspecified atom stereocenters. The third kappa shape index (κ3) is 5.89. The Morgan fingerprint density at radius 3 is 2.32 bits per heavy atom. The van der Waals surface area contributed by atoms with Gasteiger partial charge in [-0.15, -0.1) is 0 Å². The van der Waals surface area contributed by atoms with E-state index in [2.05, 4.69) is 4.74 Å². The Labute approximate surface area is 147 Å². The summed E-state index contributed by atoms with van der Waals surface area (Å²) in [6, 6.07) is 7.11. The number of nitrogens with zero attached hydrogens (tertiary/aromatic N) is 1. The third-order valence-corrected chi connectivity index (χ3v) is 4.74. The number of carboxylic acids is 1. The van der Waals surface area contributed by atoms with Crippen LogP contribution >= 0.6 is 0 Å². The monoisotopic (exact) mass is 347 g/mol. The zero-order valence-electron chi connectivity index (χ0n) is 14.6. The molecule has 1 aliphatic rings. The fourth-order valence-corrected chi connectivity index (χ4v) is 3.13. The molecule has 1 heterocycles. The van der Waals surface area contributed by atoms with E-state index in [4.69, 9.17) is 5.11 Å². The van der Waals surface area contributed by atoms with Gasteiger partial charge in [0.05, 0.1) is 12.7 Å². The third-order valence-electron chi connectivity index (χ3n) is 4.74. The van der Waals surface area contributed by atoms with Crippen molar-refractivity contribution in [1.29, 1.82) is 0 Å². The van der Waals surface area contributed by atoms with Crippen molar-refractivity contribution in [1.82, 2.24) is 4.90 Å². The lowest BCUT2D eigenvalue weighted by molar-refractivity contribution is -0.138. The number of ether oxygens (including phenoxy) is 1. The first-order valence-corrected chi connectivity index (χ1v) is 8.66. The zero-order chi connectivity index (χ0) is 18.2. The fraction of sp³-hybridized carbons (Fsp3) is 0.526. The molecule has 1 aliphatic heterocycles. The summed E-state index contributed by atoms with van der Waals surface area (Å²) in [5.74, 6) is -0.579. The number of carboxylic acid groups (broad SMARTS) is 1. The second kappa shape index (κ2) is 9.20. The minimum absolute atomic E-state index is 0.133. The van der Waals surface area contributed by atoms with Crippen LogP contribution in [0.2, 0.25) is 0 Å². The lowest BCUT2D eigenvalue weighted by Gasteiger charge is -2.32. The van der Waals surface area contributed by atoms with Crippen LogP contribution in [0.1, 0.15) is 48.0 Å². The summed E-state index contributed by atoms with van der Waals surface area (Å²) in [6.45, 7) is 1.43. The Hall–Kier alpha value is -2.37. The average Bonchev–Trinajstić information content (AvgIpc) is 2.64. The Bertz CT molecular complexity index is 603. The molecule has 0 bridgehead atoms. The number of piperidine rings is 1. The van der Waals surface area contributed by atoms with Gasteiger partial charge in [-0.3, -0.25) is 9.59 Å². The van der Waals surface area contributed by atoms with Crippen molar-refractivity contribution < 1.29 is 24.2 Å². The number of hydrogen-bond acceptors (Lipinski definition) is 4. The number of carbonyl (C=O) groups excluding carboxylic acids is 2. The van der Waals surface area contributed by atoms with Crippen LogP contribution in [0.4, 0.5) is 0 Å². The summed E-state index contributed by atoms with van der Waals surface area (Å²) < 4.78 is 4.66. The maximum Gasteiger partial charge on any atom is 0.337 e. The van der Waals surface area contributed by atoms with Crippen LogP contribution in [0.15, 0.2) is 24.3 Å². The van der Waals surface area contributed by atoms with E-state index in [1.54, 1.807) is 12.1 Å². The molecule has 1 amide bonds. The highest BCUT2D eigenvalue weighted by Crippen LogP contribution is 2.22. The van der Waals surface area contributed by atoms with E-state index in [1.807, 2.05) is 17.0 Å². The number of aliphatic carboxylic acids is 1. The summed E-state index contributed by atoms with van der Waals surface area (Å²) in [5, 5.41) is 8.73. The van der Waals surface area contributed by atoms with Gasteiger partial charge in [0.1, 0.15) is 0 Å². The van der Waals surface area contributed by atoms with Crippen LogP contribution < -0.4 is 0 Å². The molecule has 0 atom stereocenters. The van der Waals surface area contributed by atoms with Crippen LogP contribution in [0.25, 0.3) is 0 Å². The van der Waals surface area contributed by atoms with Gasteiger partial charge < -0.3 is 14.7 Å². The topological polar surface area (TPSA) is 83.9 Å². The molecule has 25 heavy (non-hydrogen) atoms. The van der Waals surface area contributed by atoms with Gasteiger partial charge in [0, 0.05) is 25.9 Å². The predicted molar refractivity (Wildman–Crippen MR) is 92.3 cm³/mol. The van der Waals surface area contributed by atoms with Gasteiger partial charge in [0.25, 0.3) is 0 Å². The molecule has 0 spiro atoms. The second-order valence-electron chi connectivity index (χ2n) is 6.45. The maximum atomic E-state index is 12.3. The molecule has 1 N–H and O–H groups in total. The number of benzene rings is 1. The van der Waals surface area contributed by atoms with Gasteiger partial charge in [0.15, 0.2) is 0 Å². The predicted octanol–water partition coefficient (Wildman–Crippen LogP) is 2.51. The second-order valence-corrected chi connectivity index (χ2v) is 6.45. The number of methoxy groups -OCH3 is 1. The Kier molecular flexibility index (Phi) is 6.98. The van der Waals surface area contributed by atoms with Crippen molar-refractivity contribution >= 4 is 17.8 Å². The molecule has 136 valence electrons. The number of amides is 1. The summed E-state index contributed by atoms with van der Waals surface area (Å²) in [7, 11) is 1.35. The van der Waals surface area contributed by atoms with Crippen molar-refractivity contribution in [3.8, 4) is 0 Å². The van der Waals surface area contributed by atoms with Crippen LogP contribution in [0.3, 0.4) is 0 Å². The van der Waals surface area contributed by atoms with Crippen molar-refractivity contribution in [2.45, 2.75) is 38.5 Å². The van der Waals surface area contributed by atoms with E-state index in [-0.39, 0.29) is 18.3 Å². The standard InChI is InChI=1S/C19H25NO5/c1-25-19(24)16-6-2-14(3-7-16)4-8-17(21)20-12-10-15(11-13-20)5-9-18(22)23/h2-3,6-7,15H,4-5,8-13H2,1H3,(H,22,23). The van der Waals surface area contributed by atoms with Gasteiger partial charge in [-0.05, 0) is 49.3 Å². The minimum atomic E-state index is -0.753. The van der Waals surface area contributed by atoms with Gasteiger partial charge in [0.2, 0.25) is 5.91 Å². The number of carbonyl (C=O) groups is 3. The molecule has 0 radical (unpaired) electrons. The molecule has 0 aromatic heterocycles. The maximum absolute atomic E-state index is 12.3. The van der Waals surface area contributed by atoms with Crippen LogP contribution in [-0.4, -0.2) is 48.1 Å². The van der Waals surface area contributed by atoms with E-state index in [0.717, 1.165) is 18.4 Å². The molecule has 1 saturated heterocycles. The smallest absolute Gasteiger partial charge is 0.337 e. The first-order valence-electron chi connectivity index (χ1n) is 8.66. The first kappa shape index (κ1) is 19.0. The molecular weight excluding hydrogens is 322 g/mol. The van der Waals surface area contributed by atoms with Gasteiger partial charge in [-0.25, -0.2) is 4.79 Å². The van der Waals surface area contributed by atoms with E-state index in [0.29, 0.717) is 43.8 Å². The SMILES string of the molecule is COC(=O)c1ccc(CCC(=O)N2CCC(CCC(=O)O)CC2)cc1. The van der Waals surface area contributed by atoms with Crippen molar-refractivity contribution in [3.63, 3.8) is 0 Å². The Morgan fingerprint density at radius 2 is 1.76 bits per heavy atom. The van der Waals surface area contributed by atoms with Gasteiger partial charge in [-0.2, -0.15) is 0 Å². The molecule has 1 aromatic rings. The molecule has 0 saturated carbocycles. The number of hydrogen-bond donors (Lipinski definition) is 1. The van der Waals surface area contributed by atoms with Crippen LogP contribution in [-0.2, 0) is 20.7 Å². The molecule has 1 fully saturated rings.